The van der Waals surface area contributed by atoms with Gasteiger partial charge in [-0.1, -0.05) is 0 Å². The van der Waals surface area contributed by atoms with E-state index < -0.39 is 12.1 Å². The van der Waals surface area contributed by atoms with Crippen molar-refractivity contribution in [2.24, 2.45) is 17.8 Å². The Balaban J connectivity index is 2.00. The predicted octanol–water partition coefficient (Wildman–Crippen LogP) is 2.20. The maximum Gasteiger partial charge on any atom is 0.392 e. The molecule has 52 valence electrons. The fraction of sp³-hybridized carbons (Fsp3) is 1.00. The molecule has 0 aromatic rings. The molecular weight excluding hydrogens is 129 g/mol. The largest absolute Gasteiger partial charge is 0.392 e. The lowest BCUT2D eigenvalue weighted by Gasteiger charge is -2.26. The molecule has 2 aliphatic carbocycles. The second-order valence-corrected chi connectivity index (χ2v) is 3.04. The minimum atomic E-state index is -3.89. The first-order valence-corrected chi connectivity index (χ1v) is 3.16. The highest BCUT2D eigenvalue weighted by Gasteiger charge is 2.63. The number of alkyl halides is 3. The van der Waals surface area contributed by atoms with E-state index in [9.17, 15) is 13.2 Å². The Morgan fingerprint density at radius 3 is 1.89 bits per heavy atom. The Hall–Kier alpha value is -0.210. The second kappa shape index (κ2) is 1.27. The lowest BCUT2D eigenvalue weighted by molar-refractivity contribution is -0.197. The molecule has 2 rings (SSSR count). The Labute approximate surface area is 51.0 Å². The van der Waals surface area contributed by atoms with Gasteiger partial charge in [-0.15, -0.1) is 0 Å². The van der Waals surface area contributed by atoms with Crippen LogP contribution in [-0.4, -0.2) is 6.18 Å². The van der Waals surface area contributed by atoms with E-state index in [0.29, 0.717) is 12.3 Å². The molecule has 0 heterocycles. The molecule has 0 spiro atoms. The van der Waals surface area contributed by atoms with Gasteiger partial charge in [0.25, 0.3) is 0 Å². The van der Waals surface area contributed by atoms with E-state index in [1.54, 1.807) is 0 Å². The predicted molar refractivity (Wildman–Crippen MR) is 25.8 cm³/mol. The highest BCUT2D eigenvalue weighted by Crippen LogP contribution is 2.64. The van der Waals surface area contributed by atoms with Gasteiger partial charge in [0.2, 0.25) is 0 Å². The van der Waals surface area contributed by atoms with Crippen molar-refractivity contribution in [1.82, 2.24) is 0 Å². The van der Waals surface area contributed by atoms with Crippen molar-refractivity contribution in [2.45, 2.75) is 19.0 Å². The second-order valence-electron chi connectivity index (χ2n) is 3.04. The van der Waals surface area contributed by atoms with E-state index in [2.05, 4.69) is 0 Å². The molecule has 2 fully saturated rings. The van der Waals surface area contributed by atoms with Crippen LogP contribution in [-0.2, 0) is 0 Å². The van der Waals surface area contributed by atoms with E-state index in [1.807, 2.05) is 0 Å². The van der Waals surface area contributed by atoms with Gasteiger partial charge in [-0.2, -0.15) is 13.2 Å². The molecule has 0 saturated heterocycles. The molecule has 0 radical (unpaired) electrons. The summed E-state index contributed by atoms with van der Waals surface area (Å²) in [6.45, 7) is 0. The molecule has 0 aliphatic heterocycles. The fourth-order valence-corrected chi connectivity index (χ4v) is 1.72. The number of halogens is 3. The van der Waals surface area contributed by atoms with Gasteiger partial charge in [0.1, 0.15) is 0 Å². The van der Waals surface area contributed by atoms with Crippen LogP contribution in [0.15, 0.2) is 0 Å². The van der Waals surface area contributed by atoms with Gasteiger partial charge in [0.05, 0.1) is 5.92 Å². The summed E-state index contributed by atoms with van der Waals surface area (Å²) in [7, 11) is 0. The van der Waals surface area contributed by atoms with Gasteiger partial charge in [-0.05, 0) is 24.7 Å². The number of rotatable bonds is 0. The van der Waals surface area contributed by atoms with E-state index in [4.69, 9.17) is 0 Å². The highest BCUT2D eigenvalue weighted by molar-refractivity contribution is 5.04. The monoisotopic (exact) mass is 136 g/mol. The molecule has 0 N–H and O–H groups in total. The van der Waals surface area contributed by atoms with Crippen molar-refractivity contribution < 1.29 is 13.2 Å². The Bertz CT molecular complexity index is 138. The number of hydrogen-bond donors (Lipinski definition) is 0. The highest BCUT2D eigenvalue weighted by atomic mass is 19.4. The van der Waals surface area contributed by atoms with E-state index in [1.165, 1.54) is 0 Å². The number of fused-ring (bicyclic) bond motifs is 1. The molecule has 3 atom stereocenters. The van der Waals surface area contributed by atoms with Gasteiger partial charge in [-0.25, -0.2) is 0 Å². The maximum atomic E-state index is 11.8. The molecule has 0 amide bonds. The summed E-state index contributed by atoms with van der Waals surface area (Å²) in [4.78, 5) is 0. The van der Waals surface area contributed by atoms with E-state index >= 15 is 0 Å². The van der Waals surface area contributed by atoms with Crippen LogP contribution in [0.2, 0.25) is 0 Å². The molecule has 2 saturated carbocycles. The van der Waals surface area contributed by atoms with Crippen LogP contribution in [0.3, 0.4) is 0 Å². The quantitative estimate of drug-likeness (QED) is 0.479. The summed E-state index contributed by atoms with van der Waals surface area (Å²) < 4.78 is 35.3. The van der Waals surface area contributed by atoms with Crippen LogP contribution in [0.25, 0.3) is 0 Å². The third-order valence-electron chi connectivity index (χ3n) is 2.47. The van der Waals surface area contributed by atoms with E-state index in [0.717, 1.165) is 6.42 Å². The minimum Gasteiger partial charge on any atom is -0.171 e. The normalized spacial score (nSPS) is 47.7. The SMILES string of the molecule is FC(F)(F)C1CC2CC21. The Kier molecular flexibility index (Phi) is 0.788. The van der Waals surface area contributed by atoms with Crippen molar-refractivity contribution >= 4 is 0 Å². The van der Waals surface area contributed by atoms with Crippen LogP contribution in [0, 0.1) is 17.8 Å². The molecule has 9 heavy (non-hydrogen) atoms. The molecule has 0 bridgehead atoms. The topological polar surface area (TPSA) is 0 Å². The zero-order valence-corrected chi connectivity index (χ0v) is 4.78. The lowest BCUT2D eigenvalue weighted by atomic mass is 9.85. The average molecular weight is 136 g/mol. The number of hydrogen-bond acceptors (Lipinski definition) is 0. The van der Waals surface area contributed by atoms with Crippen LogP contribution in [0.5, 0.6) is 0 Å². The van der Waals surface area contributed by atoms with Crippen LogP contribution >= 0.6 is 0 Å². The third kappa shape index (κ3) is 0.667. The molecule has 0 aromatic carbocycles. The lowest BCUT2D eigenvalue weighted by Crippen LogP contribution is -2.31. The third-order valence-corrected chi connectivity index (χ3v) is 2.47. The zero-order valence-electron chi connectivity index (χ0n) is 4.78. The summed E-state index contributed by atoms with van der Waals surface area (Å²) in [5.41, 5.74) is 0. The maximum absolute atomic E-state index is 11.8. The zero-order chi connectivity index (χ0) is 6.65. The molecule has 0 nitrogen and oxygen atoms in total. The van der Waals surface area contributed by atoms with Crippen LogP contribution < -0.4 is 0 Å². The fourth-order valence-electron chi connectivity index (χ4n) is 1.72. The van der Waals surface area contributed by atoms with Crippen LogP contribution in [0.1, 0.15) is 12.8 Å². The molecule has 2 aliphatic rings. The van der Waals surface area contributed by atoms with Crippen molar-refractivity contribution in [2.75, 3.05) is 0 Å². The van der Waals surface area contributed by atoms with Gasteiger partial charge in [-0.3, -0.25) is 0 Å². The first kappa shape index (κ1) is 5.57. The van der Waals surface area contributed by atoms with Crippen molar-refractivity contribution in [3.8, 4) is 0 Å². The van der Waals surface area contributed by atoms with Crippen molar-refractivity contribution in [3.05, 3.63) is 0 Å². The Morgan fingerprint density at radius 2 is 1.78 bits per heavy atom. The first-order valence-electron chi connectivity index (χ1n) is 3.16. The molecule has 3 heteroatoms. The molecule has 0 aromatic heterocycles. The van der Waals surface area contributed by atoms with Crippen molar-refractivity contribution in [1.29, 1.82) is 0 Å². The summed E-state index contributed by atoms with van der Waals surface area (Å²) in [6, 6.07) is 0. The smallest absolute Gasteiger partial charge is 0.171 e. The van der Waals surface area contributed by atoms with Gasteiger partial charge < -0.3 is 0 Å². The first-order chi connectivity index (χ1) is 4.09. The van der Waals surface area contributed by atoms with Gasteiger partial charge in [0.15, 0.2) is 0 Å². The Morgan fingerprint density at radius 1 is 1.11 bits per heavy atom. The standard InChI is InChI=1S/C6H7F3/c7-6(8,9)5-2-3-1-4(3)5/h3-5H,1-2H2. The summed E-state index contributed by atoms with van der Waals surface area (Å²) in [5.74, 6) is -0.441. The summed E-state index contributed by atoms with van der Waals surface area (Å²) in [6.07, 6.45) is -2.64. The van der Waals surface area contributed by atoms with Crippen LogP contribution in [0.4, 0.5) is 13.2 Å². The molecular formula is C6H7F3. The molecule has 3 unspecified atom stereocenters. The summed E-state index contributed by atoms with van der Waals surface area (Å²) in [5, 5.41) is 0. The average Bonchev–Trinajstić information content (AvgIpc) is 2.08. The van der Waals surface area contributed by atoms with Gasteiger partial charge >= 0.3 is 6.18 Å². The van der Waals surface area contributed by atoms with E-state index in [-0.39, 0.29) is 5.92 Å². The van der Waals surface area contributed by atoms with Gasteiger partial charge in [0, 0.05) is 0 Å². The summed E-state index contributed by atoms with van der Waals surface area (Å²) >= 11 is 0. The van der Waals surface area contributed by atoms with Crippen molar-refractivity contribution in [3.63, 3.8) is 0 Å². The minimum absolute atomic E-state index is 0.0324.